The van der Waals surface area contributed by atoms with Crippen molar-refractivity contribution in [1.82, 2.24) is 0 Å². The van der Waals surface area contributed by atoms with Crippen molar-refractivity contribution < 1.29 is 18.7 Å². The first-order valence-corrected chi connectivity index (χ1v) is 9.88. The van der Waals surface area contributed by atoms with Crippen LogP contribution in [-0.2, 0) is 6.61 Å². The zero-order chi connectivity index (χ0) is 21.3. The van der Waals surface area contributed by atoms with Crippen molar-refractivity contribution in [3.8, 4) is 22.6 Å². The maximum atomic E-state index is 12.6. The van der Waals surface area contributed by atoms with Crippen LogP contribution in [0, 0.1) is 6.92 Å². The summed E-state index contributed by atoms with van der Waals surface area (Å²) in [6.07, 6.45) is 0. The molecule has 0 radical (unpaired) electrons. The van der Waals surface area contributed by atoms with Gasteiger partial charge in [-0.15, -0.1) is 0 Å². The minimum Gasteiger partial charge on any atom is -0.459 e. The molecule has 0 aliphatic carbocycles. The molecule has 0 saturated carbocycles. The maximum absolute atomic E-state index is 12.6. The molecule has 0 unspecified atom stereocenters. The van der Waals surface area contributed by atoms with Crippen molar-refractivity contribution in [2.24, 2.45) is 0 Å². The van der Waals surface area contributed by atoms with E-state index in [1.807, 2.05) is 19.1 Å². The molecule has 0 aliphatic rings. The summed E-state index contributed by atoms with van der Waals surface area (Å²) in [6.45, 7) is 1.76. The number of amides is 1. The van der Waals surface area contributed by atoms with Gasteiger partial charge in [0.1, 0.15) is 23.9 Å². The van der Waals surface area contributed by atoms with Crippen LogP contribution in [0.5, 0.6) is 0 Å². The van der Waals surface area contributed by atoms with E-state index < -0.39 is 0 Å². The van der Waals surface area contributed by atoms with Gasteiger partial charge in [-0.05, 0) is 67.1 Å². The molecule has 1 amide bonds. The molecule has 0 aliphatic heterocycles. The quantitative estimate of drug-likeness (QED) is 0.367. The maximum Gasteiger partial charge on any atom is 0.291 e. The van der Waals surface area contributed by atoms with Crippen LogP contribution in [0.25, 0.3) is 22.6 Å². The number of nitrogens with one attached hydrogen (secondary N) is 1. The number of benzene rings is 2. The highest BCUT2D eigenvalue weighted by Gasteiger charge is 2.16. The molecule has 0 bridgehead atoms. The fraction of sp³-hybridized carbons (Fsp3) is 0.0870. The number of carbonyl (C=O) groups excluding carboxylic acids is 1. The zero-order valence-electron chi connectivity index (χ0n) is 15.9. The molecular weight excluding hydrogens is 425 g/mol. The van der Waals surface area contributed by atoms with Gasteiger partial charge in [0.2, 0.25) is 0 Å². The fourth-order valence-electron chi connectivity index (χ4n) is 3.12. The standard InChI is InChI=1S/C23H17Cl2NO4/c1-13-11-14(5-7-16(13)19-8-6-15(12-27)29-19)26-23(28)21-10-9-20(30-21)17-3-2-4-18(24)22(17)25/h2-11,27H,12H2,1H3,(H,26,28). The Hall–Kier alpha value is -2.99. The Morgan fingerprint density at radius 2 is 1.73 bits per heavy atom. The van der Waals surface area contributed by atoms with Crippen LogP contribution >= 0.6 is 23.2 Å². The van der Waals surface area contributed by atoms with Crippen molar-refractivity contribution in [1.29, 1.82) is 0 Å². The van der Waals surface area contributed by atoms with Gasteiger partial charge in [-0.1, -0.05) is 29.3 Å². The molecule has 0 spiro atoms. The van der Waals surface area contributed by atoms with Crippen LogP contribution < -0.4 is 5.32 Å². The first-order valence-electron chi connectivity index (χ1n) is 9.12. The van der Waals surface area contributed by atoms with Crippen molar-refractivity contribution in [3.63, 3.8) is 0 Å². The molecular formula is C23H17Cl2NO4. The van der Waals surface area contributed by atoms with E-state index in [0.717, 1.165) is 11.1 Å². The van der Waals surface area contributed by atoms with E-state index in [4.69, 9.17) is 37.1 Å². The number of rotatable bonds is 5. The molecule has 2 aromatic carbocycles. The number of carbonyl (C=O) groups is 1. The van der Waals surface area contributed by atoms with Crippen LogP contribution in [0.3, 0.4) is 0 Å². The number of aryl methyl sites for hydroxylation is 1. The second-order valence-corrected chi connectivity index (χ2v) is 7.46. The average Bonchev–Trinajstić information content (AvgIpc) is 3.40. The van der Waals surface area contributed by atoms with Gasteiger partial charge in [0.25, 0.3) is 5.91 Å². The van der Waals surface area contributed by atoms with Gasteiger partial charge in [-0.25, -0.2) is 0 Å². The van der Waals surface area contributed by atoms with Gasteiger partial charge in [-0.2, -0.15) is 0 Å². The Labute approximate surface area is 182 Å². The minimum atomic E-state index is -0.382. The largest absolute Gasteiger partial charge is 0.459 e. The lowest BCUT2D eigenvalue weighted by Gasteiger charge is -2.08. The Balaban J connectivity index is 1.52. The van der Waals surface area contributed by atoms with Crippen molar-refractivity contribution in [2.45, 2.75) is 13.5 Å². The number of hydrogen-bond donors (Lipinski definition) is 2. The van der Waals surface area contributed by atoms with Gasteiger partial charge < -0.3 is 19.3 Å². The van der Waals surface area contributed by atoms with E-state index in [2.05, 4.69) is 5.32 Å². The van der Waals surface area contributed by atoms with Crippen molar-refractivity contribution in [3.05, 3.63) is 87.8 Å². The molecule has 5 nitrogen and oxygen atoms in total. The molecule has 2 heterocycles. The van der Waals surface area contributed by atoms with Gasteiger partial charge in [0, 0.05) is 16.8 Å². The second-order valence-electron chi connectivity index (χ2n) is 6.67. The first kappa shape index (κ1) is 20.3. The van der Waals surface area contributed by atoms with Gasteiger partial charge >= 0.3 is 0 Å². The Bertz CT molecular complexity index is 1230. The third kappa shape index (κ3) is 4.00. The summed E-state index contributed by atoms with van der Waals surface area (Å²) in [4.78, 5) is 12.6. The first-order chi connectivity index (χ1) is 14.5. The number of hydrogen-bond acceptors (Lipinski definition) is 4. The van der Waals surface area contributed by atoms with E-state index in [9.17, 15) is 4.79 Å². The highest BCUT2D eigenvalue weighted by molar-refractivity contribution is 6.43. The zero-order valence-corrected chi connectivity index (χ0v) is 17.4. The monoisotopic (exact) mass is 441 g/mol. The lowest BCUT2D eigenvalue weighted by Crippen LogP contribution is -2.10. The van der Waals surface area contributed by atoms with Crippen LogP contribution in [0.15, 0.2) is 69.5 Å². The van der Waals surface area contributed by atoms with E-state index >= 15 is 0 Å². The summed E-state index contributed by atoms with van der Waals surface area (Å²) < 4.78 is 11.3. The molecule has 0 atom stereocenters. The summed E-state index contributed by atoms with van der Waals surface area (Å²) in [5.74, 6) is 1.38. The summed E-state index contributed by atoms with van der Waals surface area (Å²) in [5.41, 5.74) is 3.03. The molecule has 0 fully saturated rings. The van der Waals surface area contributed by atoms with Gasteiger partial charge in [0.15, 0.2) is 5.76 Å². The molecule has 0 saturated heterocycles. The average molecular weight is 442 g/mol. The Morgan fingerprint density at radius 1 is 0.967 bits per heavy atom. The Kier molecular flexibility index (Phi) is 5.68. The molecule has 4 aromatic rings. The van der Waals surface area contributed by atoms with Crippen molar-refractivity contribution in [2.75, 3.05) is 5.32 Å². The molecule has 152 valence electrons. The van der Waals surface area contributed by atoms with Crippen molar-refractivity contribution >= 4 is 34.8 Å². The highest BCUT2D eigenvalue weighted by atomic mass is 35.5. The van der Waals surface area contributed by atoms with E-state index in [-0.39, 0.29) is 18.3 Å². The number of halogens is 2. The lowest BCUT2D eigenvalue weighted by atomic mass is 10.1. The number of anilines is 1. The summed E-state index contributed by atoms with van der Waals surface area (Å²) in [5, 5.41) is 12.8. The fourth-order valence-corrected chi connectivity index (χ4v) is 3.51. The molecule has 30 heavy (non-hydrogen) atoms. The van der Waals surface area contributed by atoms with Crippen LogP contribution in [0.1, 0.15) is 21.9 Å². The lowest BCUT2D eigenvalue weighted by molar-refractivity contribution is 0.0997. The summed E-state index contributed by atoms with van der Waals surface area (Å²) in [6, 6.07) is 17.5. The summed E-state index contributed by atoms with van der Waals surface area (Å²) >= 11 is 12.3. The van der Waals surface area contributed by atoms with Crippen LogP contribution in [0.2, 0.25) is 10.0 Å². The number of aliphatic hydroxyl groups excluding tert-OH is 1. The normalized spacial score (nSPS) is 10.9. The predicted octanol–water partition coefficient (Wildman–Crippen LogP) is 6.57. The third-order valence-corrected chi connectivity index (χ3v) is 5.43. The molecule has 7 heteroatoms. The second kappa shape index (κ2) is 8.40. The molecule has 4 rings (SSSR count). The third-order valence-electron chi connectivity index (χ3n) is 4.61. The molecule has 2 N–H and O–H groups in total. The molecule has 2 aromatic heterocycles. The smallest absolute Gasteiger partial charge is 0.291 e. The van der Waals surface area contributed by atoms with Crippen LogP contribution in [0.4, 0.5) is 5.69 Å². The van der Waals surface area contributed by atoms with Crippen LogP contribution in [-0.4, -0.2) is 11.0 Å². The predicted molar refractivity (Wildman–Crippen MR) is 117 cm³/mol. The topological polar surface area (TPSA) is 75.6 Å². The van der Waals surface area contributed by atoms with E-state index in [1.165, 1.54) is 0 Å². The van der Waals surface area contributed by atoms with E-state index in [0.29, 0.717) is 38.6 Å². The van der Waals surface area contributed by atoms with Gasteiger partial charge in [-0.3, -0.25) is 4.79 Å². The number of aliphatic hydroxyl groups is 1. The summed E-state index contributed by atoms with van der Waals surface area (Å²) in [7, 11) is 0. The van der Waals surface area contributed by atoms with E-state index in [1.54, 1.807) is 48.5 Å². The highest BCUT2D eigenvalue weighted by Crippen LogP contribution is 2.34. The minimum absolute atomic E-state index is 0.154. The number of furan rings is 2. The Morgan fingerprint density at radius 3 is 2.47 bits per heavy atom. The SMILES string of the molecule is Cc1cc(NC(=O)c2ccc(-c3cccc(Cl)c3Cl)o2)ccc1-c1ccc(CO)o1. The van der Waals surface area contributed by atoms with Gasteiger partial charge in [0.05, 0.1) is 10.0 Å².